The SMILES string of the molecule is Fc1c[n+](Cc2ccccc2)ccc1-c1cc[n+](Cc2ccccc2)cc1. The Kier molecular flexibility index (Phi) is 5.01. The van der Waals surface area contributed by atoms with Gasteiger partial charge < -0.3 is 0 Å². The van der Waals surface area contributed by atoms with Crippen molar-refractivity contribution in [1.29, 1.82) is 0 Å². The van der Waals surface area contributed by atoms with Crippen LogP contribution in [0.25, 0.3) is 11.1 Å². The minimum atomic E-state index is -0.214. The summed E-state index contributed by atoms with van der Waals surface area (Å²) in [5.41, 5.74) is 3.88. The highest BCUT2D eigenvalue weighted by Crippen LogP contribution is 2.20. The second-order valence-electron chi connectivity index (χ2n) is 6.61. The normalized spacial score (nSPS) is 10.7. The molecule has 0 saturated heterocycles. The maximum absolute atomic E-state index is 14.7. The molecule has 0 spiro atoms. The van der Waals surface area contributed by atoms with E-state index < -0.39 is 0 Å². The Morgan fingerprint density at radius 1 is 0.593 bits per heavy atom. The minimum absolute atomic E-state index is 0.214. The van der Waals surface area contributed by atoms with Crippen molar-refractivity contribution in [1.82, 2.24) is 0 Å². The lowest BCUT2D eigenvalue weighted by Gasteiger charge is -2.04. The van der Waals surface area contributed by atoms with Gasteiger partial charge in [-0.1, -0.05) is 60.7 Å². The molecule has 0 N–H and O–H groups in total. The van der Waals surface area contributed by atoms with Gasteiger partial charge in [0, 0.05) is 34.9 Å². The molecule has 0 saturated carbocycles. The maximum atomic E-state index is 14.7. The van der Waals surface area contributed by atoms with Gasteiger partial charge in [0.2, 0.25) is 6.20 Å². The molecule has 0 bridgehead atoms. The molecule has 0 atom stereocenters. The monoisotopic (exact) mass is 356 g/mol. The van der Waals surface area contributed by atoms with Gasteiger partial charge in [0.1, 0.15) is 0 Å². The van der Waals surface area contributed by atoms with Gasteiger partial charge in [-0.05, 0) is 5.56 Å². The van der Waals surface area contributed by atoms with Gasteiger partial charge in [0.05, 0.1) is 0 Å². The highest BCUT2D eigenvalue weighted by atomic mass is 19.1. The van der Waals surface area contributed by atoms with Gasteiger partial charge in [-0.25, -0.2) is 4.57 Å². The van der Waals surface area contributed by atoms with E-state index in [0.29, 0.717) is 12.1 Å². The maximum Gasteiger partial charge on any atom is 0.205 e. The minimum Gasteiger partial charge on any atom is -0.201 e. The van der Waals surface area contributed by atoms with Crippen LogP contribution < -0.4 is 9.13 Å². The van der Waals surface area contributed by atoms with E-state index in [9.17, 15) is 4.39 Å². The number of nitrogens with zero attached hydrogens (tertiary/aromatic N) is 2. The third-order valence-corrected chi connectivity index (χ3v) is 4.59. The van der Waals surface area contributed by atoms with E-state index in [1.807, 2.05) is 89.9 Å². The van der Waals surface area contributed by atoms with Crippen LogP contribution in [0.1, 0.15) is 11.1 Å². The van der Waals surface area contributed by atoms with Crippen LogP contribution in [-0.4, -0.2) is 0 Å². The number of aromatic nitrogens is 2. The van der Waals surface area contributed by atoms with Crippen molar-refractivity contribution in [3.8, 4) is 11.1 Å². The Morgan fingerprint density at radius 3 is 1.67 bits per heavy atom. The fourth-order valence-electron chi connectivity index (χ4n) is 3.17. The lowest BCUT2D eigenvalue weighted by molar-refractivity contribution is -0.689. The molecule has 4 rings (SSSR count). The number of hydrogen-bond acceptors (Lipinski definition) is 0. The molecular formula is C24H21FN2+2. The molecular weight excluding hydrogens is 335 g/mol. The van der Waals surface area contributed by atoms with Crippen molar-refractivity contribution in [3.05, 3.63) is 121 Å². The van der Waals surface area contributed by atoms with Crippen LogP contribution in [0.2, 0.25) is 0 Å². The highest BCUT2D eigenvalue weighted by molar-refractivity contribution is 5.61. The summed E-state index contributed by atoms with van der Waals surface area (Å²) in [6.07, 6.45) is 7.48. The van der Waals surface area contributed by atoms with E-state index in [4.69, 9.17) is 0 Å². The van der Waals surface area contributed by atoms with Gasteiger partial charge >= 0.3 is 0 Å². The molecule has 2 heterocycles. The van der Waals surface area contributed by atoms with Crippen molar-refractivity contribution in [2.45, 2.75) is 13.1 Å². The van der Waals surface area contributed by atoms with E-state index in [-0.39, 0.29) is 5.82 Å². The summed E-state index contributed by atoms with van der Waals surface area (Å²) in [6.45, 7) is 1.46. The molecule has 0 aliphatic rings. The first kappa shape index (κ1) is 17.1. The summed E-state index contributed by atoms with van der Waals surface area (Å²) in [5, 5.41) is 0. The van der Waals surface area contributed by atoms with E-state index in [1.54, 1.807) is 6.20 Å². The number of pyridine rings is 2. The molecule has 2 aromatic carbocycles. The molecule has 4 aromatic rings. The quantitative estimate of drug-likeness (QED) is 0.474. The van der Waals surface area contributed by atoms with Gasteiger partial charge in [-0.15, -0.1) is 0 Å². The Balaban J connectivity index is 1.51. The van der Waals surface area contributed by atoms with Crippen molar-refractivity contribution in [3.63, 3.8) is 0 Å². The van der Waals surface area contributed by atoms with Crippen LogP contribution in [0.5, 0.6) is 0 Å². The number of hydrogen-bond donors (Lipinski definition) is 0. The van der Waals surface area contributed by atoms with E-state index >= 15 is 0 Å². The molecule has 0 aliphatic carbocycles. The molecule has 27 heavy (non-hydrogen) atoms. The summed E-state index contributed by atoms with van der Waals surface area (Å²) in [7, 11) is 0. The summed E-state index contributed by atoms with van der Waals surface area (Å²) >= 11 is 0. The Morgan fingerprint density at radius 2 is 1.11 bits per heavy atom. The van der Waals surface area contributed by atoms with Crippen LogP contribution in [-0.2, 0) is 13.1 Å². The molecule has 0 unspecified atom stereocenters. The largest absolute Gasteiger partial charge is 0.205 e. The molecule has 132 valence electrons. The second kappa shape index (κ2) is 7.92. The van der Waals surface area contributed by atoms with Crippen LogP contribution >= 0.6 is 0 Å². The van der Waals surface area contributed by atoms with E-state index in [0.717, 1.165) is 17.7 Å². The van der Waals surface area contributed by atoms with E-state index in [2.05, 4.69) is 16.7 Å². The zero-order chi connectivity index (χ0) is 18.5. The fraction of sp³-hybridized carbons (Fsp3) is 0.0833. The Hall–Kier alpha value is -3.33. The lowest BCUT2D eigenvalue weighted by atomic mass is 10.1. The Labute approximate surface area is 158 Å². The predicted octanol–water partition coefficient (Wildman–Crippen LogP) is 4.16. The molecule has 0 radical (unpaired) electrons. The van der Waals surface area contributed by atoms with Gasteiger partial charge in [0.15, 0.2) is 37.5 Å². The number of benzene rings is 2. The van der Waals surface area contributed by atoms with Crippen LogP contribution in [0, 0.1) is 5.82 Å². The first-order chi connectivity index (χ1) is 13.3. The molecule has 0 aliphatic heterocycles. The van der Waals surface area contributed by atoms with Gasteiger partial charge in [-0.2, -0.15) is 8.96 Å². The smallest absolute Gasteiger partial charge is 0.201 e. The standard InChI is InChI=1S/C24H21FN2/c25-24-19-27(18-21-9-5-2-6-10-21)16-13-23(24)22-11-14-26(15-12-22)17-20-7-3-1-4-8-20/h1-16,19H,17-18H2/q+2. The first-order valence-corrected chi connectivity index (χ1v) is 9.04. The zero-order valence-electron chi connectivity index (χ0n) is 15.0. The fourth-order valence-corrected chi connectivity index (χ4v) is 3.17. The van der Waals surface area contributed by atoms with Crippen molar-refractivity contribution < 1.29 is 13.5 Å². The molecule has 2 nitrogen and oxygen atoms in total. The van der Waals surface area contributed by atoms with Gasteiger partial charge in [0.25, 0.3) is 0 Å². The first-order valence-electron chi connectivity index (χ1n) is 9.04. The molecule has 3 heteroatoms. The summed E-state index contributed by atoms with van der Waals surface area (Å²) < 4.78 is 18.6. The lowest BCUT2D eigenvalue weighted by Crippen LogP contribution is -2.34. The summed E-state index contributed by atoms with van der Waals surface area (Å²) in [6, 6.07) is 26.1. The van der Waals surface area contributed by atoms with Crippen molar-refractivity contribution in [2.75, 3.05) is 0 Å². The van der Waals surface area contributed by atoms with E-state index in [1.165, 1.54) is 5.56 Å². The topological polar surface area (TPSA) is 7.76 Å². The van der Waals surface area contributed by atoms with Crippen LogP contribution in [0.3, 0.4) is 0 Å². The predicted molar refractivity (Wildman–Crippen MR) is 103 cm³/mol. The Bertz CT molecular complexity index is 1010. The summed E-state index contributed by atoms with van der Waals surface area (Å²) in [5.74, 6) is -0.214. The molecule has 0 amide bonds. The zero-order valence-corrected chi connectivity index (χ0v) is 15.0. The molecule has 0 fully saturated rings. The van der Waals surface area contributed by atoms with Gasteiger partial charge in [-0.3, -0.25) is 0 Å². The van der Waals surface area contributed by atoms with Crippen molar-refractivity contribution in [2.24, 2.45) is 0 Å². The third kappa shape index (κ3) is 4.26. The number of halogens is 1. The molecule has 2 aromatic heterocycles. The highest BCUT2D eigenvalue weighted by Gasteiger charge is 2.13. The summed E-state index contributed by atoms with van der Waals surface area (Å²) in [4.78, 5) is 0. The number of rotatable bonds is 5. The van der Waals surface area contributed by atoms with Crippen LogP contribution in [0.4, 0.5) is 4.39 Å². The average molecular weight is 356 g/mol. The van der Waals surface area contributed by atoms with Crippen molar-refractivity contribution >= 4 is 0 Å². The van der Waals surface area contributed by atoms with Crippen LogP contribution in [0.15, 0.2) is 104 Å². The third-order valence-electron chi connectivity index (χ3n) is 4.59. The second-order valence-corrected chi connectivity index (χ2v) is 6.61. The average Bonchev–Trinajstić information content (AvgIpc) is 2.71.